The van der Waals surface area contributed by atoms with Crippen LogP contribution in [-0.4, -0.2) is 45.6 Å². The number of carbonyl (C=O) groups is 2. The molecule has 4 aromatic carbocycles. The van der Waals surface area contributed by atoms with Crippen molar-refractivity contribution in [2.45, 2.75) is 117 Å². The molecule has 0 heterocycles. The number of ether oxygens (including phenoxy) is 2. The number of esters is 2. The van der Waals surface area contributed by atoms with Crippen LogP contribution in [0.1, 0.15) is 147 Å². The predicted molar refractivity (Wildman–Crippen MR) is 237 cm³/mol. The van der Waals surface area contributed by atoms with E-state index in [0.717, 1.165) is 25.7 Å². The molecule has 0 bridgehead atoms. The molecule has 0 amide bonds. The van der Waals surface area contributed by atoms with Gasteiger partial charge in [0, 0.05) is 0 Å². The van der Waals surface area contributed by atoms with Gasteiger partial charge in [-0.25, -0.2) is 9.59 Å². The minimum Gasteiger partial charge on any atom is -0.511 e. The number of aliphatic hydroxyl groups is 4. The number of hydrogen-bond donors (Lipinski definition) is 4. The van der Waals surface area contributed by atoms with E-state index in [9.17, 15) is 30.0 Å². The number of rotatable bonds is 26. The highest BCUT2D eigenvalue weighted by Crippen LogP contribution is 2.35. The molecule has 4 rings (SSSR count). The average molecular weight is 805 g/mol. The molecular weight excluding hydrogens is 741 g/mol. The molecule has 0 aromatic heterocycles. The highest BCUT2D eigenvalue weighted by molar-refractivity contribution is 5.91. The van der Waals surface area contributed by atoms with E-state index >= 15 is 0 Å². The molecule has 0 saturated carbocycles. The van der Waals surface area contributed by atoms with Crippen LogP contribution < -0.4 is 9.47 Å². The van der Waals surface area contributed by atoms with Crippen LogP contribution in [0.3, 0.4) is 0 Å². The van der Waals surface area contributed by atoms with Crippen LogP contribution in [0.5, 0.6) is 11.5 Å². The Balaban J connectivity index is 1.29. The summed E-state index contributed by atoms with van der Waals surface area (Å²) in [5.74, 6) is -1.32. The molecule has 0 aliphatic heterocycles. The Morgan fingerprint density at radius 1 is 0.475 bits per heavy atom. The Hall–Kier alpha value is -5.18. The molecule has 8 nitrogen and oxygen atoms in total. The van der Waals surface area contributed by atoms with Crippen molar-refractivity contribution in [2.24, 2.45) is 5.41 Å². The van der Waals surface area contributed by atoms with Crippen LogP contribution >= 0.6 is 0 Å². The van der Waals surface area contributed by atoms with Crippen molar-refractivity contribution in [1.82, 2.24) is 0 Å². The Kier molecular flexibility index (Phi) is 20.0. The van der Waals surface area contributed by atoms with Crippen molar-refractivity contribution in [3.63, 3.8) is 0 Å². The second-order valence-electron chi connectivity index (χ2n) is 15.5. The topological polar surface area (TPSA) is 134 Å². The summed E-state index contributed by atoms with van der Waals surface area (Å²) < 4.78 is 11.1. The van der Waals surface area contributed by atoms with E-state index in [1.807, 2.05) is 24.3 Å². The largest absolute Gasteiger partial charge is 0.511 e. The molecule has 0 spiro atoms. The third-order valence-corrected chi connectivity index (χ3v) is 10.8. The maximum absolute atomic E-state index is 12.8. The monoisotopic (exact) mass is 804 g/mol. The summed E-state index contributed by atoms with van der Waals surface area (Å²) in [5, 5.41) is 42.9. The minimum atomic E-state index is -1.90. The van der Waals surface area contributed by atoms with Crippen LogP contribution in [-0.2, 0) is 12.8 Å². The average Bonchev–Trinajstić information content (AvgIpc) is 3.25. The first-order chi connectivity index (χ1) is 28.7. The summed E-state index contributed by atoms with van der Waals surface area (Å²) in [6, 6.07) is 27.7. The molecule has 0 aliphatic carbocycles. The van der Waals surface area contributed by atoms with Crippen LogP contribution in [0, 0.1) is 5.41 Å². The molecule has 8 heteroatoms. The van der Waals surface area contributed by atoms with Crippen LogP contribution in [0.25, 0.3) is 12.2 Å². The van der Waals surface area contributed by atoms with Gasteiger partial charge in [-0.2, -0.15) is 0 Å². The summed E-state index contributed by atoms with van der Waals surface area (Å²) in [6.45, 7) is 2.85. The van der Waals surface area contributed by atoms with E-state index in [-0.39, 0.29) is 0 Å². The third kappa shape index (κ3) is 15.2. The summed E-state index contributed by atoms with van der Waals surface area (Å²) in [4.78, 5) is 25.6. The summed E-state index contributed by atoms with van der Waals surface area (Å²) in [6.07, 6.45) is 22.1. The van der Waals surface area contributed by atoms with E-state index in [1.165, 1.54) is 100 Å². The van der Waals surface area contributed by atoms with Gasteiger partial charge in [0.25, 0.3) is 0 Å². The molecule has 0 atom stereocenters. The van der Waals surface area contributed by atoms with Crippen LogP contribution in [0.2, 0.25) is 0 Å². The van der Waals surface area contributed by atoms with Crippen molar-refractivity contribution in [3.8, 4) is 11.5 Å². The predicted octanol–water partition coefficient (Wildman–Crippen LogP) is 12.2. The molecule has 4 aromatic rings. The number of aliphatic hydroxyl groups excluding tert-OH is 4. The fourth-order valence-corrected chi connectivity index (χ4v) is 6.88. The Morgan fingerprint density at radius 2 is 0.797 bits per heavy atom. The first-order valence-corrected chi connectivity index (χ1v) is 21.6. The van der Waals surface area contributed by atoms with Crippen molar-refractivity contribution in [3.05, 3.63) is 142 Å². The first-order valence-electron chi connectivity index (χ1n) is 21.6. The van der Waals surface area contributed by atoms with Gasteiger partial charge < -0.3 is 29.9 Å². The molecule has 0 unspecified atom stereocenters. The minimum absolute atomic E-state index is 0.304. The van der Waals surface area contributed by atoms with Crippen molar-refractivity contribution >= 4 is 24.1 Å². The van der Waals surface area contributed by atoms with Gasteiger partial charge in [-0.15, -0.1) is 0 Å². The molecular formula is C51H64O8. The van der Waals surface area contributed by atoms with E-state index in [1.54, 1.807) is 72.8 Å². The molecule has 4 N–H and O–H groups in total. The van der Waals surface area contributed by atoms with Gasteiger partial charge in [0.1, 0.15) is 28.4 Å². The number of carbonyl (C=O) groups excluding carboxylic acids is 2. The van der Waals surface area contributed by atoms with Gasteiger partial charge >= 0.3 is 11.9 Å². The van der Waals surface area contributed by atoms with Crippen LogP contribution in [0.4, 0.5) is 0 Å². The summed E-state index contributed by atoms with van der Waals surface area (Å²) in [5.41, 5.74) is 2.31. The smallest absolute Gasteiger partial charge is 0.343 e. The summed E-state index contributed by atoms with van der Waals surface area (Å²) in [7, 11) is 0. The van der Waals surface area contributed by atoms with E-state index in [4.69, 9.17) is 9.47 Å². The molecule has 0 saturated heterocycles. The van der Waals surface area contributed by atoms with Gasteiger partial charge in [-0.05, 0) is 109 Å². The lowest BCUT2D eigenvalue weighted by Crippen LogP contribution is -2.34. The van der Waals surface area contributed by atoms with Crippen molar-refractivity contribution in [1.29, 1.82) is 0 Å². The van der Waals surface area contributed by atoms with Gasteiger partial charge in [-0.3, -0.25) is 0 Å². The van der Waals surface area contributed by atoms with Gasteiger partial charge in [0.15, 0.2) is 0 Å². The molecule has 0 aliphatic rings. The SMILES string of the molecule is CCCCCCCCCc1ccc(C(=O)Oc2ccc(C=C(O)C(CO)(CO)C(O)=Cc3ccc(OC(=O)c4ccc(CCCCCCCCC)cc4)cc3)cc2)cc1. The van der Waals surface area contributed by atoms with Gasteiger partial charge in [0.05, 0.1) is 24.3 Å². The number of aryl methyl sites for hydroxylation is 2. The van der Waals surface area contributed by atoms with E-state index in [0.29, 0.717) is 33.8 Å². The fraction of sp³-hybridized carbons (Fsp3) is 0.412. The first kappa shape index (κ1) is 46.5. The molecule has 59 heavy (non-hydrogen) atoms. The quantitative estimate of drug-likeness (QED) is 0.0213. The lowest BCUT2D eigenvalue weighted by molar-refractivity contribution is 0.0486. The summed E-state index contributed by atoms with van der Waals surface area (Å²) >= 11 is 0. The zero-order valence-corrected chi connectivity index (χ0v) is 35.0. The lowest BCUT2D eigenvalue weighted by atomic mass is 9.83. The highest BCUT2D eigenvalue weighted by atomic mass is 16.5. The Bertz CT molecular complexity index is 1750. The second-order valence-corrected chi connectivity index (χ2v) is 15.5. The number of unbranched alkanes of at least 4 members (excludes halogenated alkanes) is 12. The van der Waals surface area contributed by atoms with Crippen molar-refractivity contribution < 1.29 is 39.5 Å². The van der Waals surface area contributed by atoms with Crippen LogP contribution in [0.15, 0.2) is 109 Å². The molecule has 0 radical (unpaired) electrons. The highest BCUT2D eigenvalue weighted by Gasteiger charge is 2.38. The fourth-order valence-electron chi connectivity index (χ4n) is 6.88. The molecule has 0 fully saturated rings. The maximum atomic E-state index is 12.8. The lowest BCUT2D eigenvalue weighted by Gasteiger charge is -2.28. The third-order valence-electron chi connectivity index (χ3n) is 10.8. The maximum Gasteiger partial charge on any atom is 0.343 e. The zero-order valence-electron chi connectivity index (χ0n) is 35.0. The zero-order chi connectivity index (χ0) is 42.3. The second kappa shape index (κ2) is 25.3. The molecule has 316 valence electrons. The standard InChI is InChI=1S/C51H64O8/c1-3-5-7-9-11-13-15-17-39-19-27-43(28-20-39)49(56)58-45-31-23-41(24-32-45)35-47(54)51(37-52,38-53)48(55)36-42-25-33-46(34-26-42)59-50(57)44-29-21-40(22-30-44)18-16-14-12-10-8-6-4-2/h19-36,52-55H,3-18,37-38H2,1-2H3. The van der Waals surface area contributed by atoms with E-state index in [2.05, 4.69) is 13.8 Å². The number of benzene rings is 4. The normalized spacial score (nSPS) is 12.1. The van der Waals surface area contributed by atoms with Gasteiger partial charge in [-0.1, -0.05) is 139 Å². The van der Waals surface area contributed by atoms with Gasteiger partial charge in [0.2, 0.25) is 0 Å². The Labute approximate surface area is 351 Å². The Morgan fingerprint density at radius 3 is 1.12 bits per heavy atom. The number of hydrogen-bond acceptors (Lipinski definition) is 8. The van der Waals surface area contributed by atoms with Crippen molar-refractivity contribution in [2.75, 3.05) is 13.2 Å². The van der Waals surface area contributed by atoms with E-state index < -0.39 is 42.1 Å².